The molecule has 31 heavy (non-hydrogen) atoms. The smallest absolute Gasteiger partial charge is 0.164 e. The molecule has 1 unspecified atom stereocenters. The normalized spacial score (nSPS) is 24.9. The number of alkyl halides is 1. The molecule has 4 atom stereocenters. The van der Waals surface area contributed by atoms with Gasteiger partial charge in [0.05, 0.1) is 30.9 Å². The van der Waals surface area contributed by atoms with Crippen LogP contribution in [-0.2, 0) is 9.47 Å². The van der Waals surface area contributed by atoms with Crippen LogP contribution in [0.3, 0.4) is 0 Å². The Bertz CT molecular complexity index is 1140. The Morgan fingerprint density at radius 3 is 2.74 bits per heavy atom. The van der Waals surface area contributed by atoms with Crippen molar-refractivity contribution >= 4 is 34.0 Å². The summed E-state index contributed by atoms with van der Waals surface area (Å²) in [7, 11) is 1.52. The van der Waals surface area contributed by atoms with E-state index in [-0.39, 0.29) is 18.2 Å². The Morgan fingerprint density at radius 2 is 1.94 bits per heavy atom. The summed E-state index contributed by atoms with van der Waals surface area (Å²) in [5.41, 5.74) is 1.16. The van der Waals surface area contributed by atoms with Crippen LogP contribution in [0.4, 0.5) is 20.3 Å². The molecular weight excluding hydrogens is 432 g/mol. The highest BCUT2D eigenvalue weighted by Gasteiger charge is 2.49. The van der Waals surface area contributed by atoms with Gasteiger partial charge in [0.15, 0.2) is 23.8 Å². The zero-order valence-electron chi connectivity index (χ0n) is 16.3. The summed E-state index contributed by atoms with van der Waals surface area (Å²) in [6, 6.07) is 7.74. The van der Waals surface area contributed by atoms with Gasteiger partial charge in [-0.3, -0.25) is 0 Å². The van der Waals surface area contributed by atoms with E-state index in [4.69, 9.17) is 30.5 Å². The quantitative estimate of drug-likeness (QED) is 0.629. The molecule has 0 radical (unpaired) electrons. The molecule has 2 fully saturated rings. The monoisotopic (exact) mass is 449 g/mol. The van der Waals surface area contributed by atoms with E-state index in [1.54, 1.807) is 18.2 Å². The molecule has 2 saturated heterocycles. The first-order chi connectivity index (χ1) is 15.0. The third kappa shape index (κ3) is 3.73. The molecule has 3 aromatic rings. The maximum Gasteiger partial charge on any atom is 0.164 e. The van der Waals surface area contributed by atoms with Crippen molar-refractivity contribution in [2.24, 2.45) is 0 Å². The average molecular weight is 450 g/mol. The molecule has 5 rings (SSSR count). The summed E-state index contributed by atoms with van der Waals surface area (Å²) in [5.74, 6) is 0.859. The minimum absolute atomic E-state index is 0.000293. The molecule has 0 amide bonds. The molecular formula is C21H18ClF2N3O4. The van der Waals surface area contributed by atoms with Crippen molar-refractivity contribution in [3.05, 3.63) is 47.5 Å². The number of nitrogens with one attached hydrogen (secondary N) is 1. The second kappa shape index (κ2) is 8.07. The molecule has 1 aromatic heterocycles. The van der Waals surface area contributed by atoms with Gasteiger partial charge in [0.25, 0.3) is 0 Å². The van der Waals surface area contributed by atoms with Crippen LogP contribution in [0, 0.1) is 5.82 Å². The minimum Gasteiger partial charge on any atom is -0.493 e. The number of anilines is 2. The number of halogens is 3. The third-order valence-corrected chi connectivity index (χ3v) is 5.62. The lowest BCUT2D eigenvalue weighted by atomic mass is 10.1. The Labute approximate surface area is 181 Å². The van der Waals surface area contributed by atoms with Crippen molar-refractivity contribution in [1.29, 1.82) is 0 Å². The van der Waals surface area contributed by atoms with E-state index in [9.17, 15) is 8.78 Å². The summed E-state index contributed by atoms with van der Waals surface area (Å²) >= 11 is 5.87. The number of benzene rings is 2. The van der Waals surface area contributed by atoms with Crippen molar-refractivity contribution in [3.63, 3.8) is 0 Å². The minimum atomic E-state index is -1.15. The van der Waals surface area contributed by atoms with Crippen LogP contribution < -0.4 is 14.8 Å². The summed E-state index contributed by atoms with van der Waals surface area (Å²) in [6.07, 6.45) is -1.30. The van der Waals surface area contributed by atoms with Crippen molar-refractivity contribution in [1.82, 2.24) is 9.97 Å². The van der Waals surface area contributed by atoms with Gasteiger partial charge in [-0.05, 0) is 24.3 Å². The fourth-order valence-corrected chi connectivity index (χ4v) is 3.99. The lowest BCUT2D eigenvalue weighted by molar-refractivity contribution is 0.0271. The van der Waals surface area contributed by atoms with Gasteiger partial charge in [-0.15, -0.1) is 0 Å². The number of rotatable bonds is 5. The lowest BCUT2D eigenvalue weighted by Crippen LogP contribution is -2.33. The van der Waals surface area contributed by atoms with E-state index >= 15 is 0 Å². The van der Waals surface area contributed by atoms with Crippen molar-refractivity contribution < 1.29 is 27.7 Å². The SMILES string of the molecule is COc1cc2c(Nc3ccc(F)c(Cl)c3)ncnc2cc1OC1CO[C@H]2[C@H](F)CO[C@@H]12. The highest BCUT2D eigenvalue weighted by Crippen LogP contribution is 2.38. The van der Waals surface area contributed by atoms with Crippen molar-refractivity contribution in [2.75, 3.05) is 25.6 Å². The molecule has 0 saturated carbocycles. The maximum atomic E-state index is 13.8. The van der Waals surface area contributed by atoms with Gasteiger partial charge in [0.1, 0.15) is 30.2 Å². The van der Waals surface area contributed by atoms with Crippen molar-refractivity contribution in [3.8, 4) is 11.5 Å². The summed E-state index contributed by atoms with van der Waals surface area (Å²) in [6.45, 7) is 0.221. The van der Waals surface area contributed by atoms with E-state index in [2.05, 4.69) is 15.3 Å². The number of ether oxygens (including phenoxy) is 4. The highest BCUT2D eigenvalue weighted by atomic mass is 35.5. The number of aromatic nitrogens is 2. The number of nitrogens with zero attached hydrogens (tertiary/aromatic N) is 2. The predicted octanol–water partition coefficient (Wildman–Crippen LogP) is 4.06. The van der Waals surface area contributed by atoms with Gasteiger partial charge < -0.3 is 24.3 Å². The Balaban J connectivity index is 1.45. The first-order valence-electron chi connectivity index (χ1n) is 9.62. The van der Waals surface area contributed by atoms with Crippen LogP contribution in [0.2, 0.25) is 5.02 Å². The third-order valence-electron chi connectivity index (χ3n) is 5.33. The van der Waals surface area contributed by atoms with E-state index in [1.807, 2.05) is 0 Å². The second-order valence-corrected chi connectivity index (χ2v) is 7.67. The van der Waals surface area contributed by atoms with Gasteiger partial charge in [0, 0.05) is 17.1 Å². The molecule has 2 aliphatic heterocycles. The van der Waals surface area contributed by atoms with E-state index in [0.717, 1.165) is 0 Å². The molecule has 0 aliphatic carbocycles. The fourth-order valence-electron chi connectivity index (χ4n) is 3.81. The average Bonchev–Trinajstić information content (AvgIpc) is 3.34. The first-order valence-corrected chi connectivity index (χ1v) is 10.00. The summed E-state index contributed by atoms with van der Waals surface area (Å²) < 4.78 is 49.9. The van der Waals surface area contributed by atoms with Crippen LogP contribution in [0.25, 0.3) is 10.9 Å². The first kappa shape index (κ1) is 20.2. The van der Waals surface area contributed by atoms with Gasteiger partial charge in [-0.1, -0.05) is 11.6 Å². The van der Waals surface area contributed by atoms with Gasteiger partial charge in [-0.2, -0.15) is 0 Å². The molecule has 1 N–H and O–H groups in total. The van der Waals surface area contributed by atoms with E-state index < -0.39 is 30.3 Å². The topological polar surface area (TPSA) is 74.7 Å². The van der Waals surface area contributed by atoms with Crippen LogP contribution in [-0.4, -0.2) is 54.8 Å². The molecule has 2 aromatic carbocycles. The fraction of sp³-hybridized carbons (Fsp3) is 0.333. The van der Waals surface area contributed by atoms with Crippen LogP contribution in [0.1, 0.15) is 0 Å². The van der Waals surface area contributed by atoms with Crippen molar-refractivity contribution in [2.45, 2.75) is 24.5 Å². The standard InChI is InChI=1S/C21H18ClF2N3O4/c1-28-16-5-11-15(6-17(16)31-18-8-30-19-14(24)7-29-20(18)19)25-9-26-21(11)27-10-2-3-13(23)12(22)4-10/h2-6,9,14,18-20H,7-8H2,1H3,(H,25,26,27)/t14-,18?,19+,20+/m1/s1. The molecule has 10 heteroatoms. The Kier molecular flexibility index (Phi) is 5.25. The van der Waals surface area contributed by atoms with Crippen LogP contribution >= 0.6 is 11.6 Å². The lowest BCUT2D eigenvalue weighted by Gasteiger charge is -2.20. The number of methoxy groups -OCH3 is 1. The Morgan fingerprint density at radius 1 is 1.10 bits per heavy atom. The van der Waals surface area contributed by atoms with Crippen LogP contribution in [0.15, 0.2) is 36.7 Å². The van der Waals surface area contributed by atoms with Gasteiger partial charge in [0.2, 0.25) is 0 Å². The number of fused-ring (bicyclic) bond motifs is 2. The molecule has 162 valence electrons. The zero-order valence-corrected chi connectivity index (χ0v) is 17.1. The van der Waals surface area contributed by atoms with Gasteiger partial charge >= 0.3 is 0 Å². The van der Waals surface area contributed by atoms with Gasteiger partial charge in [-0.25, -0.2) is 18.7 Å². The largest absolute Gasteiger partial charge is 0.493 e. The molecule has 2 aliphatic rings. The number of hydrogen-bond acceptors (Lipinski definition) is 7. The van der Waals surface area contributed by atoms with Crippen LogP contribution in [0.5, 0.6) is 11.5 Å². The Hall–Kier alpha value is -2.75. The van der Waals surface area contributed by atoms with E-state index in [1.165, 1.54) is 25.6 Å². The molecule has 7 nitrogen and oxygen atoms in total. The molecule has 0 spiro atoms. The highest BCUT2D eigenvalue weighted by molar-refractivity contribution is 6.31. The molecule has 0 bridgehead atoms. The zero-order chi connectivity index (χ0) is 21.5. The van der Waals surface area contributed by atoms with E-state index in [0.29, 0.717) is 33.9 Å². The number of hydrogen-bond donors (Lipinski definition) is 1. The second-order valence-electron chi connectivity index (χ2n) is 7.26. The molecule has 3 heterocycles. The summed E-state index contributed by atoms with van der Waals surface area (Å²) in [4.78, 5) is 8.59. The predicted molar refractivity (Wildman–Crippen MR) is 110 cm³/mol. The maximum absolute atomic E-state index is 13.8. The summed E-state index contributed by atoms with van der Waals surface area (Å²) in [5, 5.41) is 3.77.